The molecule has 2 fully saturated rings. The van der Waals surface area contributed by atoms with Gasteiger partial charge in [-0.3, -0.25) is 9.59 Å². The molecule has 2 rings (SSSR count). The van der Waals surface area contributed by atoms with Gasteiger partial charge in [0, 0.05) is 6.42 Å². The molecule has 2 aliphatic rings. The number of esters is 1. The maximum atomic E-state index is 11.7. The van der Waals surface area contributed by atoms with Crippen molar-refractivity contribution in [2.45, 2.75) is 38.5 Å². The minimum absolute atomic E-state index is 0.0150. The number of carbonyl (C=O) groups excluding carboxylic acids is 1. The molecule has 1 heterocycles. The number of hydrogen-bond donors (Lipinski definition) is 1. The molecule has 2 atom stereocenters. The van der Waals surface area contributed by atoms with Crippen LogP contribution in [0.25, 0.3) is 0 Å². The van der Waals surface area contributed by atoms with E-state index in [9.17, 15) is 9.59 Å². The average Bonchev–Trinajstić information content (AvgIpc) is 2.53. The van der Waals surface area contributed by atoms with Gasteiger partial charge in [0.15, 0.2) is 0 Å². The molecule has 1 aliphatic carbocycles. The number of hydrogen-bond acceptors (Lipinski definition) is 3. The summed E-state index contributed by atoms with van der Waals surface area (Å²) in [7, 11) is 0. The quantitative estimate of drug-likeness (QED) is 0.706. The van der Waals surface area contributed by atoms with Crippen molar-refractivity contribution in [3.05, 3.63) is 0 Å². The van der Waals surface area contributed by atoms with Crippen molar-refractivity contribution in [2.24, 2.45) is 11.3 Å². The molecule has 0 unspecified atom stereocenters. The van der Waals surface area contributed by atoms with Crippen molar-refractivity contribution in [1.82, 2.24) is 0 Å². The number of rotatable bonds is 2. The molecule has 4 heteroatoms. The van der Waals surface area contributed by atoms with Gasteiger partial charge < -0.3 is 9.84 Å². The first kappa shape index (κ1) is 10.5. The highest BCUT2D eigenvalue weighted by molar-refractivity contribution is 5.80. The van der Waals surface area contributed by atoms with E-state index in [2.05, 4.69) is 0 Å². The van der Waals surface area contributed by atoms with Crippen LogP contribution in [-0.2, 0) is 14.3 Å². The van der Waals surface area contributed by atoms with Crippen LogP contribution < -0.4 is 0 Å². The van der Waals surface area contributed by atoms with E-state index in [1.807, 2.05) is 0 Å². The van der Waals surface area contributed by atoms with Gasteiger partial charge in [0.25, 0.3) is 0 Å². The van der Waals surface area contributed by atoms with Crippen molar-refractivity contribution in [1.29, 1.82) is 0 Å². The molecule has 15 heavy (non-hydrogen) atoms. The van der Waals surface area contributed by atoms with Crippen LogP contribution in [0.4, 0.5) is 0 Å². The van der Waals surface area contributed by atoms with Gasteiger partial charge in [-0.2, -0.15) is 0 Å². The van der Waals surface area contributed by atoms with Crippen LogP contribution in [0.5, 0.6) is 0 Å². The van der Waals surface area contributed by atoms with E-state index in [1.54, 1.807) is 0 Å². The van der Waals surface area contributed by atoms with Crippen LogP contribution >= 0.6 is 0 Å². The molecule has 0 amide bonds. The Labute approximate surface area is 88.6 Å². The molecule has 1 saturated heterocycles. The molecule has 4 nitrogen and oxygen atoms in total. The highest BCUT2D eigenvalue weighted by Gasteiger charge is 2.51. The Balaban J connectivity index is 2.18. The smallest absolute Gasteiger partial charge is 0.312 e. The van der Waals surface area contributed by atoms with Gasteiger partial charge in [-0.05, 0) is 25.2 Å². The Morgan fingerprint density at radius 1 is 1.47 bits per heavy atom. The number of carboxylic acids is 1. The monoisotopic (exact) mass is 212 g/mol. The summed E-state index contributed by atoms with van der Waals surface area (Å²) in [4.78, 5) is 22.5. The second-order valence-corrected chi connectivity index (χ2v) is 4.58. The van der Waals surface area contributed by atoms with Crippen LogP contribution in [0.2, 0.25) is 0 Å². The van der Waals surface area contributed by atoms with Gasteiger partial charge in [0.2, 0.25) is 0 Å². The lowest BCUT2D eigenvalue weighted by molar-refractivity contribution is -0.152. The van der Waals surface area contributed by atoms with Crippen LogP contribution in [0.3, 0.4) is 0 Å². The summed E-state index contributed by atoms with van der Waals surface area (Å²) < 4.78 is 5.03. The number of carboxylic acid groups (broad SMARTS) is 1. The SMILES string of the molecule is O=C(O)C[C@@H]1CCCC[C@@]12CCOC2=O. The lowest BCUT2D eigenvalue weighted by atomic mass is 9.64. The molecule has 0 aromatic heterocycles. The summed E-state index contributed by atoms with van der Waals surface area (Å²) in [5.74, 6) is -0.979. The second-order valence-electron chi connectivity index (χ2n) is 4.58. The van der Waals surface area contributed by atoms with Gasteiger partial charge in [0.05, 0.1) is 12.0 Å². The first-order valence-electron chi connectivity index (χ1n) is 5.54. The maximum Gasteiger partial charge on any atom is 0.312 e. The highest BCUT2D eigenvalue weighted by atomic mass is 16.5. The topological polar surface area (TPSA) is 63.6 Å². The molecule has 1 aliphatic heterocycles. The molecule has 84 valence electrons. The summed E-state index contributed by atoms with van der Waals surface area (Å²) in [6.45, 7) is 0.467. The molecule has 0 aromatic carbocycles. The summed E-state index contributed by atoms with van der Waals surface area (Å²) >= 11 is 0. The average molecular weight is 212 g/mol. The fourth-order valence-electron chi connectivity index (χ4n) is 2.99. The zero-order valence-corrected chi connectivity index (χ0v) is 8.70. The van der Waals surface area contributed by atoms with E-state index >= 15 is 0 Å². The van der Waals surface area contributed by atoms with Crippen molar-refractivity contribution < 1.29 is 19.4 Å². The van der Waals surface area contributed by atoms with Gasteiger partial charge >= 0.3 is 11.9 Å². The summed E-state index contributed by atoms with van der Waals surface area (Å²) in [6.07, 6.45) is 4.53. The van der Waals surface area contributed by atoms with E-state index in [4.69, 9.17) is 9.84 Å². The number of cyclic esters (lactones) is 1. The summed E-state index contributed by atoms with van der Waals surface area (Å²) in [5.41, 5.74) is -0.462. The molecule has 1 N–H and O–H groups in total. The zero-order chi connectivity index (χ0) is 10.9. The predicted molar refractivity (Wildman–Crippen MR) is 52.2 cm³/mol. The lowest BCUT2D eigenvalue weighted by Crippen LogP contribution is -2.39. The van der Waals surface area contributed by atoms with Crippen LogP contribution in [0, 0.1) is 11.3 Å². The number of ether oxygens (including phenoxy) is 1. The molecule has 1 spiro atoms. The van der Waals surface area contributed by atoms with E-state index in [1.165, 1.54) is 0 Å². The van der Waals surface area contributed by atoms with E-state index in [0.717, 1.165) is 25.7 Å². The van der Waals surface area contributed by atoms with Gasteiger partial charge in [0.1, 0.15) is 0 Å². The normalized spacial score (nSPS) is 35.5. The minimum Gasteiger partial charge on any atom is -0.481 e. The molecule has 1 saturated carbocycles. The fraction of sp³-hybridized carbons (Fsp3) is 0.818. The summed E-state index contributed by atoms with van der Waals surface area (Å²) in [5, 5.41) is 8.84. The fourth-order valence-corrected chi connectivity index (χ4v) is 2.99. The van der Waals surface area contributed by atoms with Gasteiger partial charge in [-0.1, -0.05) is 12.8 Å². The first-order chi connectivity index (χ1) is 7.15. The van der Waals surface area contributed by atoms with Crippen LogP contribution in [0.1, 0.15) is 38.5 Å². The van der Waals surface area contributed by atoms with E-state index in [0.29, 0.717) is 13.0 Å². The Bertz CT molecular complexity index is 286. The van der Waals surface area contributed by atoms with Crippen LogP contribution in [0.15, 0.2) is 0 Å². The van der Waals surface area contributed by atoms with Crippen molar-refractivity contribution in [2.75, 3.05) is 6.61 Å². The van der Waals surface area contributed by atoms with Gasteiger partial charge in [-0.15, -0.1) is 0 Å². The van der Waals surface area contributed by atoms with Crippen molar-refractivity contribution >= 4 is 11.9 Å². The molecule has 0 aromatic rings. The second kappa shape index (κ2) is 3.83. The Hall–Kier alpha value is -1.06. The molecule has 0 radical (unpaired) electrons. The minimum atomic E-state index is -0.805. The third kappa shape index (κ3) is 1.73. The highest BCUT2D eigenvalue weighted by Crippen LogP contribution is 2.49. The molecule has 0 bridgehead atoms. The Morgan fingerprint density at radius 2 is 2.27 bits per heavy atom. The van der Waals surface area contributed by atoms with Crippen molar-refractivity contribution in [3.63, 3.8) is 0 Å². The predicted octanol–water partition coefficient (Wildman–Crippen LogP) is 1.58. The molecular weight excluding hydrogens is 196 g/mol. The Kier molecular flexibility index (Phi) is 2.67. The Morgan fingerprint density at radius 3 is 2.87 bits per heavy atom. The number of carbonyl (C=O) groups is 2. The van der Waals surface area contributed by atoms with Crippen LogP contribution in [-0.4, -0.2) is 23.7 Å². The largest absolute Gasteiger partial charge is 0.481 e. The zero-order valence-electron chi connectivity index (χ0n) is 8.70. The van der Waals surface area contributed by atoms with Crippen molar-refractivity contribution in [3.8, 4) is 0 Å². The van der Waals surface area contributed by atoms with E-state index in [-0.39, 0.29) is 18.3 Å². The maximum absolute atomic E-state index is 11.7. The van der Waals surface area contributed by atoms with Gasteiger partial charge in [-0.25, -0.2) is 0 Å². The number of aliphatic carboxylic acids is 1. The lowest BCUT2D eigenvalue weighted by Gasteiger charge is -2.37. The summed E-state index contributed by atoms with van der Waals surface area (Å²) in [6, 6.07) is 0. The van der Waals surface area contributed by atoms with E-state index < -0.39 is 11.4 Å². The third-order valence-corrected chi connectivity index (χ3v) is 3.82. The standard InChI is InChI=1S/C11H16O4/c12-9(13)7-8-3-1-2-4-11(8)5-6-15-10(11)14/h8H,1-7H2,(H,12,13)/t8-,11+/m0/s1. The third-order valence-electron chi connectivity index (χ3n) is 3.82. The first-order valence-corrected chi connectivity index (χ1v) is 5.54. The molecular formula is C11H16O4.